The Morgan fingerprint density at radius 2 is 2.38 bits per heavy atom. The highest BCUT2D eigenvalue weighted by Gasteiger charge is 2.21. The van der Waals surface area contributed by atoms with Crippen molar-refractivity contribution in [2.24, 2.45) is 5.92 Å². The third kappa shape index (κ3) is 4.31. The number of hydrogen-bond acceptors (Lipinski definition) is 3. The van der Waals surface area contributed by atoms with Crippen LogP contribution in [0.15, 0.2) is 12.2 Å². The Morgan fingerprint density at radius 3 is 2.94 bits per heavy atom. The van der Waals surface area contributed by atoms with Crippen LogP contribution in [0, 0.1) is 5.92 Å². The maximum atomic E-state index is 13.3. The Kier molecular flexibility index (Phi) is 5.46. The molecule has 0 saturated carbocycles. The minimum Gasteiger partial charge on any atom is -0.467 e. The Bertz CT molecular complexity index is 255. The highest BCUT2D eigenvalue weighted by atomic mass is 19.1. The fourth-order valence-corrected chi connectivity index (χ4v) is 2.01. The fourth-order valence-electron chi connectivity index (χ4n) is 2.01. The maximum Gasteiger partial charge on any atom is 0.341 e. The van der Waals surface area contributed by atoms with Gasteiger partial charge in [0.15, 0.2) is 0 Å². The summed E-state index contributed by atoms with van der Waals surface area (Å²) in [4.78, 5) is 12.8. The van der Waals surface area contributed by atoms with Crippen LogP contribution in [-0.2, 0) is 9.53 Å². The van der Waals surface area contributed by atoms with E-state index in [4.69, 9.17) is 0 Å². The van der Waals surface area contributed by atoms with E-state index >= 15 is 0 Å². The van der Waals surface area contributed by atoms with Gasteiger partial charge < -0.3 is 9.64 Å². The van der Waals surface area contributed by atoms with Crippen molar-refractivity contribution in [1.29, 1.82) is 0 Å². The minimum absolute atomic E-state index is 0.118. The molecule has 0 bridgehead atoms. The lowest BCUT2D eigenvalue weighted by atomic mass is 9.94. The normalized spacial score (nSPS) is 22.1. The van der Waals surface area contributed by atoms with Crippen LogP contribution in [0.5, 0.6) is 0 Å². The third-order valence-corrected chi connectivity index (χ3v) is 2.88. The van der Waals surface area contributed by atoms with Gasteiger partial charge in [-0.3, -0.25) is 0 Å². The van der Waals surface area contributed by atoms with Crippen molar-refractivity contribution in [2.75, 3.05) is 27.2 Å². The van der Waals surface area contributed by atoms with Gasteiger partial charge in [0.1, 0.15) is 0 Å². The SMILES string of the molecule is COC(=O)[C@@H](F)CN(C)C[C@H]1CC=CCC1. The number of hydrogen-bond donors (Lipinski definition) is 0. The van der Waals surface area contributed by atoms with Crippen LogP contribution in [0.3, 0.4) is 0 Å². The summed E-state index contributed by atoms with van der Waals surface area (Å²) in [7, 11) is 3.05. The van der Waals surface area contributed by atoms with Gasteiger partial charge in [0.2, 0.25) is 6.17 Å². The predicted molar refractivity (Wildman–Crippen MR) is 60.9 cm³/mol. The molecule has 0 saturated heterocycles. The van der Waals surface area contributed by atoms with Gasteiger partial charge in [0, 0.05) is 13.1 Å². The summed E-state index contributed by atoms with van der Waals surface area (Å²) < 4.78 is 17.6. The molecule has 0 aromatic heterocycles. The lowest BCUT2D eigenvalue weighted by Crippen LogP contribution is -2.35. The smallest absolute Gasteiger partial charge is 0.341 e. The largest absolute Gasteiger partial charge is 0.467 e. The van der Waals surface area contributed by atoms with Crippen molar-refractivity contribution >= 4 is 5.97 Å². The van der Waals surface area contributed by atoms with Crippen molar-refractivity contribution in [3.8, 4) is 0 Å². The number of halogens is 1. The molecule has 0 amide bonds. The van der Waals surface area contributed by atoms with Gasteiger partial charge in [-0.05, 0) is 32.2 Å². The summed E-state index contributed by atoms with van der Waals surface area (Å²) in [6.07, 6.45) is 6.14. The van der Waals surface area contributed by atoms with E-state index in [-0.39, 0.29) is 6.54 Å². The van der Waals surface area contributed by atoms with Gasteiger partial charge in [-0.15, -0.1) is 0 Å². The Morgan fingerprint density at radius 1 is 1.62 bits per heavy atom. The van der Waals surface area contributed by atoms with E-state index in [0.29, 0.717) is 5.92 Å². The van der Waals surface area contributed by atoms with Gasteiger partial charge >= 0.3 is 5.97 Å². The number of esters is 1. The Labute approximate surface area is 96.3 Å². The maximum absolute atomic E-state index is 13.3. The van der Waals surface area contributed by atoms with E-state index in [2.05, 4.69) is 16.9 Å². The molecule has 3 nitrogen and oxygen atoms in total. The van der Waals surface area contributed by atoms with Crippen LogP contribution < -0.4 is 0 Å². The third-order valence-electron chi connectivity index (χ3n) is 2.88. The molecule has 92 valence electrons. The molecule has 0 heterocycles. The van der Waals surface area contributed by atoms with Crippen LogP contribution in [0.2, 0.25) is 0 Å². The molecule has 0 radical (unpaired) electrons. The highest BCUT2D eigenvalue weighted by molar-refractivity contribution is 5.74. The van der Waals surface area contributed by atoms with E-state index in [1.807, 2.05) is 11.9 Å². The first kappa shape index (κ1) is 13.2. The van der Waals surface area contributed by atoms with E-state index < -0.39 is 12.1 Å². The lowest BCUT2D eigenvalue weighted by Gasteiger charge is -2.25. The molecule has 0 unspecified atom stereocenters. The summed E-state index contributed by atoms with van der Waals surface area (Å²) in [6, 6.07) is 0. The van der Waals surface area contributed by atoms with Crippen LogP contribution in [0.1, 0.15) is 19.3 Å². The number of allylic oxidation sites excluding steroid dienone is 2. The van der Waals surface area contributed by atoms with Crippen LogP contribution in [0.25, 0.3) is 0 Å². The van der Waals surface area contributed by atoms with Crippen molar-refractivity contribution in [3.05, 3.63) is 12.2 Å². The number of nitrogens with zero attached hydrogens (tertiary/aromatic N) is 1. The molecule has 0 N–H and O–H groups in total. The fraction of sp³-hybridized carbons (Fsp3) is 0.750. The molecule has 16 heavy (non-hydrogen) atoms. The van der Waals surface area contributed by atoms with E-state index in [1.165, 1.54) is 7.11 Å². The second kappa shape index (κ2) is 6.63. The molecule has 1 rings (SSSR count). The second-order valence-electron chi connectivity index (χ2n) is 4.36. The molecule has 0 aliphatic heterocycles. The lowest BCUT2D eigenvalue weighted by molar-refractivity contribution is -0.147. The number of carbonyl (C=O) groups is 1. The first-order valence-corrected chi connectivity index (χ1v) is 5.69. The number of rotatable bonds is 5. The summed E-state index contributed by atoms with van der Waals surface area (Å²) in [5.74, 6) is -0.199. The van der Waals surface area contributed by atoms with Gasteiger partial charge in [0.25, 0.3) is 0 Å². The van der Waals surface area contributed by atoms with Gasteiger partial charge in [-0.2, -0.15) is 0 Å². The Balaban J connectivity index is 2.26. The summed E-state index contributed by atoms with van der Waals surface area (Å²) in [6.45, 7) is 0.953. The van der Waals surface area contributed by atoms with Crippen LogP contribution in [-0.4, -0.2) is 44.3 Å². The monoisotopic (exact) mass is 229 g/mol. The zero-order valence-corrected chi connectivity index (χ0v) is 9.99. The molecule has 4 heteroatoms. The van der Waals surface area contributed by atoms with Crippen LogP contribution in [0.4, 0.5) is 4.39 Å². The molecular formula is C12H20FNO2. The zero-order chi connectivity index (χ0) is 12.0. The Hall–Kier alpha value is -0.900. The zero-order valence-electron chi connectivity index (χ0n) is 9.99. The topological polar surface area (TPSA) is 29.5 Å². The summed E-state index contributed by atoms with van der Waals surface area (Å²) in [5.41, 5.74) is 0. The number of methoxy groups -OCH3 is 1. The average molecular weight is 229 g/mol. The quantitative estimate of drug-likeness (QED) is 0.531. The van der Waals surface area contributed by atoms with Gasteiger partial charge in [0.05, 0.1) is 7.11 Å². The number of carbonyl (C=O) groups excluding carboxylic acids is 1. The van der Waals surface area contributed by atoms with Crippen molar-refractivity contribution in [3.63, 3.8) is 0 Å². The van der Waals surface area contributed by atoms with E-state index in [9.17, 15) is 9.18 Å². The standard InChI is InChI=1S/C12H20FNO2/c1-14(9-11(13)12(15)16-2)8-10-6-4-3-5-7-10/h3-4,10-11H,5-9H2,1-2H3/t10-,11-/m0/s1. The molecule has 0 fully saturated rings. The second-order valence-corrected chi connectivity index (χ2v) is 4.36. The highest BCUT2D eigenvalue weighted by Crippen LogP contribution is 2.18. The molecular weight excluding hydrogens is 209 g/mol. The molecule has 2 atom stereocenters. The molecule has 1 aliphatic carbocycles. The summed E-state index contributed by atoms with van der Waals surface area (Å²) in [5, 5.41) is 0. The summed E-state index contributed by atoms with van der Waals surface area (Å²) >= 11 is 0. The molecule has 0 aromatic carbocycles. The first-order valence-electron chi connectivity index (χ1n) is 5.69. The van der Waals surface area contributed by atoms with Gasteiger partial charge in [-0.1, -0.05) is 12.2 Å². The van der Waals surface area contributed by atoms with Gasteiger partial charge in [-0.25, -0.2) is 9.18 Å². The number of alkyl halides is 1. The van der Waals surface area contributed by atoms with Crippen molar-refractivity contribution < 1.29 is 13.9 Å². The molecule has 0 spiro atoms. The number of ether oxygens (including phenoxy) is 1. The van der Waals surface area contributed by atoms with E-state index in [0.717, 1.165) is 25.8 Å². The van der Waals surface area contributed by atoms with E-state index in [1.54, 1.807) is 0 Å². The minimum atomic E-state index is -1.53. The van der Waals surface area contributed by atoms with Crippen molar-refractivity contribution in [1.82, 2.24) is 4.90 Å². The first-order chi connectivity index (χ1) is 7.63. The average Bonchev–Trinajstić information content (AvgIpc) is 2.29. The molecule has 1 aliphatic rings. The van der Waals surface area contributed by atoms with Crippen LogP contribution >= 0.6 is 0 Å². The molecule has 0 aromatic rings. The predicted octanol–water partition coefficient (Wildman–Crippen LogP) is 1.79. The van der Waals surface area contributed by atoms with Crippen molar-refractivity contribution in [2.45, 2.75) is 25.4 Å².